The molecular weight excluding hydrogens is 486 g/mol. The van der Waals surface area contributed by atoms with Crippen LogP contribution in [-0.2, 0) is 14.4 Å². The quantitative estimate of drug-likeness (QED) is 0.515. The summed E-state index contributed by atoms with van der Waals surface area (Å²) in [5.41, 5.74) is 0.732. The molecule has 3 amide bonds. The van der Waals surface area contributed by atoms with E-state index in [0.717, 1.165) is 22.9 Å². The Balaban J connectivity index is 1.55. The largest absolute Gasteiger partial charge is 0.395 e. The zero-order valence-electron chi connectivity index (χ0n) is 21.1. The van der Waals surface area contributed by atoms with Crippen LogP contribution in [0.25, 0.3) is 10.8 Å². The van der Waals surface area contributed by atoms with E-state index in [2.05, 4.69) is 13.2 Å². The lowest BCUT2D eigenvalue weighted by molar-refractivity contribution is -0.143. The molecular formula is C29H33N3O4S. The van der Waals surface area contributed by atoms with Gasteiger partial charge >= 0.3 is 0 Å². The number of aliphatic hydroxyl groups is 1. The Bertz CT molecular complexity index is 1260. The van der Waals surface area contributed by atoms with Crippen molar-refractivity contribution in [3.63, 3.8) is 0 Å². The Morgan fingerprint density at radius 2 is 1.86 bits per heavy atom. The Labute approximate surface area is 221 Å². The molecule has 1 spiro atoms. The number of carbonyl (C=O) groups is 3. The highest BCUT2D eigenvalue weighted by atomic mass is 32.2. The van der Waals surface area contributed by atoms with E-state index in [4.69, 9.17) is 0 Å². The second-order valence-corrected chi connectivity index (χ2v) is 11.7. The van der Waals surface area contributed by atoms with Crippen LogP contribution >= 0.6 is 11.8 Å². The van der Waals surface area contributed by atoms with E-state index in [1.165, 1.54) is 4.90 Å². The summed E-state index contributed by atoms with van der Waals surface area (Å²) in [6, 6.07) is 13.1. The van der Waals surface area contributed by atoms with Crippen molar-refractivity contribution in [2.75, 3.05) is 38.2 Å². The van der Waals surface area contributed by atoms with Crippen molar-refractivity contribution in [2.45, 2.75) is 28.9 Å². The summed E-state index contributed by atoms with van der Waals surface area (Å²) < 4.78 is -0.695. The fraction of sp³-hybridized carbons (Fsp3) is 0.414. The number of rotatable bonds is 9. The van der Waals surface area contributed by atoms with Gasteiger partial charge in [0.2, 0.25) is 11.8 Å². The summed E-state index contributed by atoms with van der Waals surface area (Å²) in [6.45, 7) is 8.10. The van der Waals surface area contributed by atoms with Crippen molar-refractivity contribution in [3.8, 4) is 0 Å². The molecule has 7 nitrogen and oxygen atoms in total. The van der Waals surface area contributed by atoms with Crippen LogP contribution in [0, 0.1) is 11.8 Å². The van der Waals surface area contributed by atoms with Gasteiger partial charge in [0.05, 0.1) is 23.2 Å². The first-order chi connectivity index (χ1) is 17.9. The molecule has 0 saturated carbocycles. The number of anilines is 1. The number of likely N-dealkylation sites (tertiary alicyclic amines) is 1. The van der Waals surface area contributed by atoms with Crippen molar-refractivity contribution in [1.29, 1.82) is 0 Å². The van der Waals surface area contributed by atoms with Crippen LogP contribution in [0.3, 0.4) is 0 Å². The van der Waals surface area contributed by atoms with Gasteiger partial charge in [0.25, 0.3) is 5.91 Å². The lowest BCUT2D eigenvalue weighted by atomic mass is 9.70. The second-order valence-electron chi connectivity index (χ2n) is 10.1. The molecule has 2 aromatic rings. The molecule has 2 unspecified atom stereocenters. The van der Waals surface area contributed by atoms with Crippen LogP contribution in [0.1, 0.15) is 12.8 Å². The van der Waals surface area contributed by atoms with Crippen molar-refractivity contribution in [2.24, 2.45) is 11.8 Å². The number of nitrogens with zero attached hydrogens (tertiary/aromatic N) is 3. The molecule has 3 fully saturated rings. The first-order valence-corrected chi connectivity index (χ1v) is 13.6. The second kappa shape index (κ2) is 9.99. The normalized spacial score (nSPS) is 27.8. The highest BCUT2D eigenvalue weighted by Crippen LogP contribution is 2.66. The van der Waals surface area contributed by atoms with Crippen LogP contribution < -0.4 is 4.90 Å². The Morgan fingerprint density at radius 3 is 2.57 bits per heavy atom. The van der Waals surface area contributed by atoms with Crippen LogP contribution in [0.15, 0.2) is 67.8 Å². The third-order valence-corrected chi connectivity index (χ3v) is 10.0. The molecule has 0 aromatic heterocycles. The number of aliphatic hydroxyl groups excluding tert-OH is 1. The number of hydrogen-bond donors (Lipinski definition) is 1. The average Bonchev–Trinajstić information content (AvgIpc) is 3.54. The average molecular weight is 520 g/mol. The molecule has 5 rings (SSSR count). The molecule has 0 aliphatic carbocycles. The minimum atomic E-state index is -0.763. The minimum absolute atomic E-state index is 0.00573. The van der Waals surface area contributed by atoms with Gasteiger partial charge in [-0.3, -0.25) is 14.4 Å². The van der Waals surface area contributed by atoms with Crippen LogP contribution in [0.2, 0.25) is 0 Å². The van der Waals surface area contributed by atoms with E-state index in [9.17, 15) is 19.5 Å². The standard InChI is InChI=1S/C29H33N3O4S/c1-4-14-30(3)26(34)23-22-12-13-29(37-22)24(23)27(35)32(16-17-33)25(29)28(36)31(15-5-2)21-11-10-19-8-6-7-9-20(19)18-21/h4-11,18,22-25,33H,1-2,12-17H2,3H3/t22-,23+,24+,25?,29?/m1/s1. The van der Waals surface area contributed by atoms with E-state index < -0.39 is 22.6 Å². The van der Waals surface area contributed by atoms with Gasteiger partial charge in [-0.25, -0.2) is 0 Å². The molecule has 3 heterocycles. The van der Waals surface area contributed by atoms with Gasteiger partial charge in [-0.15, -0.1) is 24.9 Å². The van der Waals surface area contributed by atoms with E-state index in [1.807, 2.05) is 42.5 Å². The molecule has 3 saturated heterocycles. The predicted octanol–water partition coefficient (Wildman–Crippen LogP) is 3.09. The first-order valence-electron chi connectivity index (χ1n) is 12.7. The number of carbonyl (C=O) groups excluding carboxylic acids is 3. The third kappa shape index (κ3) is 3.97. The third-order valence-electron chi connectivity index (χ3n) is 8.06. The summed E-state index contributed by atoms with van der Waals surface area (Å²) in [6.07, 6.45) is 4.82. The lowest BCUT2D eigenvalue weighted by Gasteiger charge is -2.37. The number of β-amino-alcohol motifs (C(OH)–C–C–N with tert-alkyl or cyclic N) is 1. The van der Waals surface area contributed by atoms with Gasteiger partial charge in [-0.2, -0.15) is 0 Å². The highest BCUT2D eigenvalue weighted by Gasteiger charge is 2.74. The summed E-state index contributed by atoms with van der Waals surface area (Å²) in [5, 5.41) is 11.9. The fourth-order valence-electron chi connectivity index (χ4n) is 6.54. The van der Waals surface area contributed by atoms with Crippen LogP contribution in [-0.4, -0.2) is 82.0 Å². The molecule has 8 heteroatoms. The number of benzene rings is 2. The van der Waals surface area contributed by atoms with Gasteiger partial charge in [-0.05, 0) is 35.7 Å². The van der Waals surface area contributed by atoms with Crippen molar-refractivity contribution >= 4 is 45.9 Å². The topological polar surface area (TPSA) is 81.2 Å². The summed E-state index contributed by atoms with van der Waals surface area (Å²) in [4.78, 5) is 46.6. The maximum atomic E-state index is 14.4. The molecule has 3 aliphatic heterocycles. The van der Waals surface area contributed by atoms with Crippen molar-refractivity contribution in [1.82, 2.24) is 9.80 Å². The molecule has 0 radical (unpaired) electrons. The van der Waals surface area contributed by atoms with E-state index >= 15 is 0 Å². The van der Waals surface area contributed by atoms with Gasteiger partial charge < -0.3 is 19.8 Å². The lowest BCUT2D eigenvalue weighted by Crippen LogP contribution is -2.55. The number of hydrogen-bond acceptors (Lipinski definition) is 5. The molecule has 194 valence electrons. The highest BCUT2D eigenvalue weighted by molar-refractivity contribution is 8.02. The van der Waals surface area contributed by atoms with Gasteiger partial charge in [0.1, 0.15) is 6.04 Å². The molecule has 5 atom stereocenters. The summed E-state index contributed by atoms with van der Waals surface area (Å²) in [7, 11) is 1.73. The van der Waals surface area contributed by atoms with Crippen molar-refractivity contribution in [3.05, 3.63) is 67.8 Å². The van der Waals surface area contributed by atoms with Crippen molar-refractivity contribution < 1.29 is 19.5 Å². The van der Waals surface area contributed by atoms with Gasteiger partial charge in [0, 0.05) is 37.6 Å². The van der Waals surface area contributed by atoms with Crippen LogP contribution in [0.5, 0.6) is 0 Å². The maximum Gasteiger partial charge on any atom is 0.251 e. The zero-order chi connectivity index (χ0) is 26.3. The Hall–Kier alpha value is -3.10. The molecule has 2 aromatic carbocycles. The number of fused-ring (bicyclic) bond motifs is 2. The number of likely N-dealkylation sites (N-methyl/N-ethyl adjacent to an activating group) is 1. The smallest absolute Gasteiger partial charge is 0.251 e. The van der Waals surface area contributed by atoms with Gasteiger partial charge in [-0.1, -0.05) is 42.5 Å². The maximum absolute atomic E-state index is 14.4. The minimum Gasteiger partial charge on any atom is -0.395 e. The zero-order valence-corrected chi connectivity index (χ0v) is 21.9. The van der Waals surface area contributed by atoms with Crippen LogP contribution in [0.4, 0.5) is 5.69 Å². The first kappa shape index (κ1) is 25.5. The SMILES string of the molecule is C=CCN(C)C(=O)[C@@H]1[C@H]2C(=O)N(CCO)C(C(=O)N(CC=C)c3ccc4ccccc4c3)C23CC[C@H]1S3. The molecule has 2 bridgehead atoms. The molecule has 1 N–H and O–H groups in total. The number of thioether (sulfide) groups is 1. The van der Waals surface area contributed by atoms with Gasteiger partial charge in [0.15, 0.2) is 0 Å². The Kier molecular flexibility index (Phi) is 6.89. The monoisotopic (exact) mass is 519 g/mol. The van der Waals surface area contributed by atoms with E-state index in [1.54, 1.807) is 40.8 Å². The molecule has 37 heavy (non-hydrogen) atoms. The fourth-order valence-corrected chi connectivity index (χ4v) is 8.75. The Morgan fingerprint density at radius 1 is 1.14 bits per heavy atom. The predicted molar refractivity (Wildman–Crippen MR) is 147 cm³/mol. The number of amides is 3. The summed E-state index contributed by atoms with van der Waals surface area (Å²) in [5.74, 6) is -1.54. The molecule has 3 aliphatic rings. The van der Waals surface area contributed by atoms with E-state index in [-0.39, 0.29) is 42.7 Å². The summed E-state index contributed by atoms with van der Waals surface area (Å²) >= 11 is 1.63. The van der Waals surface area contributed by atoms with E-state index in [0.29, 0.717) is 13.0 Å².